The second-order valence-electron chi connectivity index (χ2n) is 8.16. The Balaban J connectivity index is 1.68. The Bertz CT molecular complexity index is 1430. The number of fused-ring (bicyclic) bond motifs is 3. The first-order valence-corrected chi connectivity index (χ1v) is 10.8. The first-order chi connectivity index (χ1) is 15.5. The number of furan rings is 1. The molecule has 5 rings (SSSR count). The van der Waals surface area contributed by atoms with Gasteiger partial charge in [0.1, 0.15) is 23.5 Å². The molecule has 0 bridgehead atoms. The summed E-state index contributed by atoms with van der Waals surface area (Å²) in [5.74, 6) is -0.784. The van der Waals surface area contributed by atoms with Gasteiger partial charge in [0.15, 0.2) is 0 Å². The molecule has 2 heterocycles. The second-order valence-corrected chi connectivity index (χ2v) is 8.16. The van der Waals surface area contributed by atoms with Gasteiger partial charge < -0.3 is 9.73 Å². The van der Waals surface area contributed by atoms with Crippen LogP contribution in [-0.2, 0) is 11.3 Å². The Hall–Kier alpha value is -3.68. The quantitative estimate of drug-likeness (QED) is 0.532. The summed E-state index contributed by atoms with van der Waals surface area (Å²) in [6.07, 6.45) is 5.13. The lowest BCUT2D eigenvalue weighted by Crippen LogP contribution is -2.43. The average molecular weight is 435 g/mol. The maximum Gasteiger partial charge on any atom is 0.336 e. The first-order valence-electron chi connectivity index (χ1n) is 10.8. The van der Waals surface area contributed by atoms with Gasteiger partial charge in [0.25, 0.3) is 0 Å². The van der Waals surface area contributed by atoms with Crippen LogP contribution in [0.15, 0.2) is 62.5 Å². The summed E-state index contributed by atoms with van der Waals surface area (Å²) < 4.78 is 21.4. The van der Waals surface area contributed by atoms with Gasteiger partial charge in [-0.2, -0.15) is 0 Å². The molecule has 8 heteroatoms. The van der Waals surface area contributed by atoms with E-state index in [4.69, 9.17) is 4.42 Å². The van der Waals surface area contributed by atoms with E-state index < -0.39 is 17.1 Å². The van der Waals surface area contributed by atoms with Crippen molar-refractivity contribution in [2.75, 3.05) is 0 Å². The molecule has 0 radical (unpaired) electrons. The molecule has 1 fully saturated rings. The lowest BCUT2D eigenvalue weighted by Gasteiger charge is -2.23. The summed E-state index contributed by atoms with van der Waals surface area (Å²) in [6.45, 7) is -0.253. The maximum absolute atomic E-state index is 13.5. The molecule has 0 saturated heterocycles. The number of nitrogens with zero attached hydrogens (tertiary/aromatic N) is 2. The van der Waals surface area contributed by atoms with Crippen LogP contribution < -0.4 is 16.6 Å². The number of benzene rings is 2. The Morgan fingerprint density at radius 2 is 1.75 bits per heavy atom. The SMILES string of the molecule is O=C(Cn1c(=O)n(-c2ccc(F)cc2)c(=O)c2oc3ccccc3c21)NC1CCCCC1. The van der Waals surface area contributed by atoms with Crippen LogP contribution in [0, 0.1) is 5.82 Å². The maximum atomic E-state index is 13.5. The van der Waals surface area contributed by atoms with Gasteiger partial charge in [-0.1, -0.05) is 31.4 Å². The molecule has 0 unspecified atom stereocenters. The second kappa shape index (κ2) is 8.11. The predicted molar refractivity (Wildman–Crippen MR) is 119 cm³/mol. The predicted octanol–water partition coefficient (Wildman–Crippen LogP) is 3.49. The molecule has 1 aliphatic carbocycles. The Kier molecular flexibility index (Phi) is 5.13. The van der Waals surface area contributed by atoms with E-state index in [9.17, 15) is 18.8 Å². The zero-order valence-electron chi connectivity index (χ0n) is 17.3. The van der Waals surface area contributed by atoms with Crippen LogP contribution in [-0.4, -0.2) is 21.1 Å². The summed E-state index contributed by atoms with van der Waals surface area (Å²) in [6, 6.07) is 12.1. The third-order valence-corrected chi connectivity index (χ3v) is 6.02. The highest BCUT2D eigenvalue weighted by Crippen LogP contribution is 2.26. The van der Waals surface area contributed by atoms with Crippen LogP contribution in [0.25, 0.3) is 27.8 Å². The number of carbonyl (C=O) groups excluding carboxylic acids is 1. The van der Waals surface area contributed by atoms with Crippen LogP contribution in [0.2, 0.25) is 0 Å². The lowest BCUT2D eigenvalue weighted by atomic mass is 9.95. The molecule has 7 nitrogen and oxygen atoms in total. The highest BCUT2D eigenvalue weighted by Gasteiger charge is 2.23. The molecule has 1 aliphatic rings. The van der Waals surface area contributed by atoms with Crippen molar-refractivity contribution in [3.05, 3.63) is 75.2 Å². The Morgan fingerprint density at radius 1 is 1.03 bits per heavy atom. The van der Waals surface area contributed by atoms with Gasteiger partial charge >= 0.3 is 11.2 Å². The van der Waals surface area contributed by atoms with Crippen LogP contribution >= 0.6 is 0 Å². The summed E-state index contributed by atoms with van der Waals surface area (Å²) in [5.41, 5.74) is -0.438. The van der Waals surface area contributed by atoms with Crippen molar-refractivity contribution < 1.29 is 13.6 Å². The van der Waals surface area contributed by atoms with Crippen molar-refractivity contribution in [2.45, 2.75) is 44.7 Å². The van der Waals surface area contributed by atoms with Gasteiger partial charge in [-0.25, -0.2) is 13.8 Å². The molecule has 0 atom stereocenters. The fourth-order valence-electron chi connectivity index (χ4n) is 4.48. The lowest BCUT2D eigenvalue weighted by molar-refractivity contribution is -0.122. The number of nitrogens with one attached hydrogen (secondary N) is 1. The van der Waals surface area contributed by atoms with Crippen molar-refractivity contribution in [1.82, 2.24) is 14.5 Å². The molecule has 4 aromatic rings. The van der Waals surface area contributed by atoms with Crippen LogP contribution in [0.3, 0.4) is 0 Å². The molecular formula is C24H22FN3O4. The van der Waals surface area contributed by atoms with E-state index in [0.717, 1.165) is 36.7 Å². The third kappa shape index (κ3) is 3.51. The molecule has 1 N–H and O–H groups in total. The number of carbonyl (C=O) groups is 1. The molecule has 164 valence electrons. The summed E-state index contributed by atoms with van der Waals surface area (Å²) in [7, 11) is 0. The van der Waals surface area contributed by atoms with Crippen molar-refractivity contribution in [3.63, 3.8) is 0 Å². The number of aromatic nitrogens is 2. The monoisotopic (exact) mass is 435 g/mol. The molecule has 2 aromatic carbocycles. The summed E-state index contributed by atoms with van der Waals surface area (Å²) in [4.78, 5) is 39.6. The van der Waals surface area contributed by atoms with E-state index >= 15 is 0 Å². The standard InChI is InChI=1S/C24H22FN3O4/c25-15-10-12-17(13-11-15)28-23(30)22-21(18-8-4-5-9-19(18)32-22)27(24(28)31)14-20(29)26-16-6-2-1-3-7-16/h4-5,8-13,16H,1-3,6-7,14H2,(H,26,29). The fourth-order valence-corrected chi connectivity index (χ4v) is 4.48. The van der Waals surface area contributed by atoms with Crippen molar-refractivity contribution in [2.24, 2.45) is 0 Å². The Labute approximate surface area is 182 Å². The normalized spacial score (nSPS) is 14.8. The third-order valence-electron chi connectivity index (χ3n) is 6.02. The molecule has 1 amide bonds. The molecule has 2 aromatic heterocycles. The van der Waals surface area contributed by atoms with E-state index in [0.29, 0.717) is 11.0 Å². The zero-order chi connectivity index (χ0) is 22.2. The minimum Gasteiger partial charge on any atom is -0.449 e. The van der Waals surface area contributed by atoms with Crippen molar-refractivity contribution in [1.29, 1.82) is 0 Å². The molecule has 0 aliphatic heterocycles. The van der Waals surface area contributed by atoms with Gasteiger partial charge in [0, 0.05) is 11.4 Å². The Morgan fingerprint density at radius 3 is 2.50 bits per heavy atom. The number of hydrogen-bond acceptors (Lipinski definition) is 4. The van der Waals surface area contributed by atoms with E-state index in [1.807, 2.05) is 0 Å². The van der Waals surface area contributed by atoms with Crippen molar-refractivity contribution in [3.8, 4) is 5.69 Å². The molecule has 0 spiro atoms. The smallest absolute Gasteiger partial charge is 0.336 e. The van der Waals surface area contributed by atoms with Gasteiger partial charge in [-0.15, -0.1) is 0 Å². The van der Waals surface area contributed by atoms with Crippen LogP contribution in [0.5, 0.6) is 0 Å². The summed E-state index contributed by atoms with van der Waals surface area (Å²) in [5, 5.41) is 3.59. The fraction of sp³-hybridized carbons (Fsp3) is 0.292. The topological polar surface area (TPSA) is 86.2 Å². The minimum absolute atomic E-state index is 0.0272. The zero-order valence-corrected chi connectivity index (χ0v) is 17.3. The van der Waals surface area contributed by atoms with Crippen molar-refractivity contribution >= 4 is 28.0 Å². The van der Waals surface area contributed by atoms with Gasteiger partial charge in [0.05, 0.1) is 5.69 Å². The van der Waals surface area contributed by atoms with Gasteiger partial charge in [0.2, 0.25) is 11.5 Å². The van der Waals surface area contributed by atoms with E-state index in [2.05, 4.69) is 5.32 Å². The number of para-hydroxylation sites is 1. The first kappa shape index (κ1) is 20.2. The van der Waals surface area contributed by atoms with E-state index in [-0.39, 0.29) is 35.3 Å². The van der Waals surface area contributed by atoms with E-state index in [1.54, 1.807) is 24.3 Å². The minimum atomic E-state index is -0.681. The largest absolute Gasteiger partial charge is 0.449 e. The number of amides is 1. The van der Waals surface area contributed by atoms with Crippen LogP contribution in [0.1, 0.15) is 32.1 Å². The number of hydrogen-bond donors (Lipinski definition) is 1. The molecule has 1 saturated carbocycles. The number of halogens is 1. The number of rotatable bonds is 4. The van der Waals surface area contributed by atoms with Gasteiger partial charge in [-0.05, 0) is 49.2 Å². The summed E-state index contributed by atoms with van der Waals surface area (Å²) >= 11 is 0. The average Bonchev–Trinajstić information content (AvgIpc) is 3.19. The molecular weight excluding hydrogens is 413 g/mol. The van der Waals surface area contributed by atoms with E-state index in [1.165, 1.54) is 28.8 Å². The van der Waals surface area contributed by atoms with Gasteiger partial charge in [-0.3, -0.25) is 14.2 Å². The highest BCUT2D eigenvalue weighted by molar-refractivity contribution is 6.02. The molecule has 32 heavy (non-hydrogen) atoms. The highest BCUT2D eigenvalue weighted by atomic mass is 19.1. The van der Waals surface area contributed by atoms with Crippen LogP contribution in [0.4, 0.5) is 4.39 Å².